The standard InChI is InChI=1S/C19H25ClFN7/c1-4-28-8-7-13(11-28)24-17-9-12(2)23-19(25-17)26-18(22)27(3)14-5-6-16(21)15(20)10-14/h5-6,9-10,13H,4,7-8,11H2,1-3H3,(H3,22,23,24,25,26). The quantitative estimate of drug-likeness (QED) is 0.521. The van der Waals surface area contributed by atoms with E-state index in [0.717, 1.165) is 37.6 Å². The molecule has 7 nitrogen and oxygen atoms in total. The number of aromatic nitrogens is 2. The van der Waals surface area contributed by atoms with Gasteiger partial charge in [0.1, 0.15) is 11.6 Å². The van der Waals surface area contributed by atoms with Gasteiger partial charge in [-0.3, -0.25) is 10.7 Å². The first-order valence-electron chi connectivity index (χ1n) is 9.24. The van der Waals surface area contributed by atoms with Gasteiger partial charge in [-0.05, 0) is 38.1 Å². The Hall–Kier alpha value is -2.45. The molecule has 1 aromatic heterocycles. The van der Waals surface area contributed by atoms with Crippen molar-refractivity contribution >= 4 is 35.0 Å². The molecule has 2 aromatic rings. The largest absolute Gasteiger partial charge is 0.366 e. The molecule has 3 N–H and O–H groups in total. The molecule has 1 saturated heterocycles. The fourth-order valence-electron chi connectivity index (χ4n) is 3.16. The second-order valence-electron chi connectivity index (χ2n) is 6.87. The van der Waals surface area contributed by atoms with Crippen LogP contribution in [0.4, 0.5) is 21.8 Å². The SMILES string of the molecule is CCN1CCC(Nc2cc(C)nc(NC(=N)N(C)c3ccc(F)c(Cl)c3)n2)C1. The second-order valence-corrected chi connectivity index (χ2v) is 7.28. The molecule has 9 heteroatoms. The lowest BCUT2D eigenvalue weighted by Crippen LogP contribution is -2.33. The van der Waals surface area contributed by atoms with E-state index in [1.54, 1.807) is 18.0 Å². The van der Waals surface area contributed by atoms with Crippen molar-refractivity contribution in [1.29, 1.82) is 5.41 Å². The van der Waals surface area contributed by atoms with Gasteiger partial charge in [-0.1, -0.05) is 18.5 Å². The third-order valence-electron chi connectivity index (χ3n) is 4.78. The van der Waals surface area contributed by atoms with E-state index in [2.05, 4.69) is 32.4 Å². The van der Waals surface area contributed by atoms with E-state index in [-0.39, 0.29) is 11.0 Å². The maximum atomic E-state index is 13.4. The lowest BCUT2D eigenvalue weighted by Gasteiger charge is -2.21. The van der Waals surface area contributed by atoms with Gasteiger partial charge in [-0.2, -0.15) is 4.98 Å². The van der Waals surface area contributed by atoms with E-state index in [0.29, 0.717) is 17.7 Å². The minimum Gasteiger partial charge on any atom is -0.366 e. The van der Waals surface area contributed by atoms with E-state index in [9.17, 15) is 4.39 Å². The Balaban J connectivity index is 1.68. The van der Waals surface area contributed by atoms with Crippen LogP contribution in [0.5, 0.6) is 0 Å². The van der Waals surface area contributed by atoms with E-state index in [4.69, 9.17) is 17.0 Å². The fourth-order valence-corrected chi connectivity index (χ4v) is 3.33. The maximum Gasteiger partial charge on any atom is 0.231 e. The number of guanidine groups is 1. The van der Waals surface area contributed by atoms with Crippen LogP contribution in [0, 0.1) is 18.2 Å². The predicted octanol–water partition coefficient (Wildman–Crippen LogP) is 3.57. The summed E-state index contributed by atoms with van der Waals surface area (Å²) in [5.74, 6) is 0.623. The van der Waals surface area contributed by atoms with Crippen LogP contribution in [0.15, 0.2) is 24.3 Å². The highest BCUT2D eigenvalue weighted by Gasteiger charge is 2.21. The topological polar surface area (TPSA) is 80.2 Å². The molecule has 1 aliphatic rings. The molecule has 1 unspecified atom stereocenters. The average Bonchev–Trinajstić information content (AvgIpc) is 3.10. The van der Waals surface area contributed by atoms with Gasteiger partial charge in [0.15, 0.2) is 0 Å². The number of aryl methyl sites for hydroxylation is 1. The first kappa shape index (κ1) is 20.3. The minimum atomic E-state index is -0.496. The molecule has 0 saturated carbocycles. The predicted molar refractivity (Wildman–Crippen MR) is 112 cm³/mol. The van der Waals surface area contributed by atoms with E-state index in [1.165, 1.54) is 12.1 Å². The number of nitrogens with one attached hydrogen (secondary N) is 3. The van der Waals surface area contributed by atoms with Gasteiger partial charge in [0.05, 0.1) is 5.02 Å². The minimum absolute atomic E-state index is 0.00753. The van der Waals surface area contributed by atoms with Crippen molar-refractivity contribution in [3.05, 3.63) is 40.8 Å². The van der Waals surface area contributed by atoms with Gasteiger partial charge >= 0.3 is 0 Å². The molecule has 3 rings (SSSR count). The van der Waals surface area contributed by atoms with E-state index >= 15 is 0 Å². The number of rotatable bonds is 5. The van der Waals surface area contributed by atoms with Crippen LogP contribution >= 0.6 is 11.6 Å². The lowest BCUT2D eigenvalue weighted by atomic mass is 10.2. The molecule has 1 aromatic carbocycles. The number of anilines is 3. The van der Waals surface area contributed by atoms with Crippen LogP contribution in [0.3, 0.4) is 0 Å². The van der Waals surface area contributed by atoms with Crippen LogP contribution < -0.4 is 15.5 Å². The molecule has 0 aliphatic carbocycles. The summed E-state index contributed by atoms with van der Waals surface area (Å²) in [6.45, 7) is 7.17. The van der Waals surface area contributed by atoms with Crippen LogP contribution in [0.1, 0.15) is 19.0 Å². The second kappa shape index (κ2) is 8.70. The Labute approximate surface area is 169 Å². The molecular weight excluding hydrogens is 381 g/mol. The van der Waals surface area contributed by atoms with Crippen molar-refractivity contribution in [2.45, 2.75) is 26.3 Å². The zero-order valence-corrected chi connectivity index (χ0v) is 17.0. The highest BCUT2D eigenvalue weighted by molar-refractivity contribution is 6.31. The Kier molecular flexibility index (Phi) is 6.31. The number of hydrogen-bond donors (Lipinski definition) is 3. The summed E-state index contributed by atoms with van der Waals surface area (Å²) in [4.78, 5) is 12.8. The maximum absolute atomic E-state index is 13.4. The number of benzene rings is 1. The molecule has 0 bridgehead atoms. The summed E-state index contributed by atoms with van der Waals surface area (Å²) in [6.07, 6.45) is 1.07. The highest BCUT2D eigenvalue weighted by Crippen LogP contribution is 2.22. The number of hydrogen-bond acceptors (Lipinski definition) is 5. The fraction of sp³-hybridized carbons (Fsp3) is 0.421. The Bertz CT molecular complexity index is 860. The molecule has 2 heterocycles. The van der Waals surface area contributed by atoms with Crippen LogP contribution in [0.2, 0.25) is 5.02 Å². The Morgan fingerprint density at radius 2 is 2.18 bits per heavy atom. The van der Waals surface area contributed by atoms with Gasteiger partial charge in [0.2, 0.25) is 11.9 Å². The van der Waals surface area contributed by atoms with Crippen molar-refractivity contribution < 1.29 is 4.39 Å². The first-order chi connectivity index (χ1) is 13.4. The first-order valence-corrected chi connectivity index (χ1v) is 9.62. The van der Waals surface area contributed by atoms with Crippen molar-refractivity contribution in [3.63, 3.8) is 0 Å². The normalized spacial score (nSPS) is 16.8. The third kappa shape index (κ3) is 4.88. The highest BCUT2D eigenvalue weighted by atomic mass is 35.5. The monoisotopic (exact) mass is 405 g/mol. The van der Waals surface area contributed by atoms with Gasteiger partial charge in [-0.25, -0.2) is 9.37 Å². The molecule has 0 radical (unpaired) electrons. The van der Waals surface area contributed by atoms with Crippen molar-refractivity contribution in [2.24, 2.45) is 0 Å². The van der Waals surface area contributed by atoms with E-state index in [1.807, 2.05) is 13.0 Å². The molecule has 1 aliphatic heterocycles. The summed E-state index contributed by atoms with van der Waals surface area (Å²) < 4.78 is 13.4. The van der Waals surface area contributed by atoms with Gasteiger partial charge < -0.3 is 15.1 Å². The Morgan fingerprint density at radius 1 is 1.39 bits per heavy atom. The van der Waals surface area contributed by atoms with E-state index < -0.39 is 5.82 Å². The van der Waals surface area contributed by atoms with Crippen molar-refractivity contribution in [2.75, 3.05) is 42.2 Å². The number of likely N-dealkylation sites (tertiary alicyclic amines) is 1. The number of nitrogens with zero attached hydrogens (tertiary/aromatic N) is 4. The zero-order chi connectivity index (χ0) is 20.3. The van der Waals surface area contributed by atoms with Crippen molar-refractivity contribution in [3.8, 4) is 0 Å². The summed E-state index contributed by atoms with van der Waals surface area (Å²) >= 11 is 5.84. The molecule has 1 fully saturated rings. The van der Waals surface area contributed by atoms with Crippen LogP contribution in [0.25, 0.3) is 0 Å². The molecule has 28 heavy (non-hydrogen) atoms. The van der Waals surface area contributed by atoms with Crippen molar-refractivity contribution in [1.82, 2.24) is 14.9 Å². The number of halogens is 2. The number of likely N-dealkylation sites (N-methyl/N-ethyl adjacent to an activating group) is 1. The zero-order valence-electron chi connectivity index (χ0n) is 16.3. The lowest BCUT2D eigenvalue weighted by molar-refractivity contribution is 0.356. The summed E-state index contributed by atoms with van der Waals surface area (Å²) in [5.41, 5.74) is 1.38. The summed E-state index contributed by atoms with van der Waals surface area (Å²) in [6, 6.07) is 6.55. The van der Waals surface area contributed by atoms with Gasteiger partial charge in [-0.15, -0.1) is 0 Å². The van der Waals surface area contributed by atoms with Crippen LogP contribution in [-0.4, -0.2) is 53.6 Å². The smallest absolute Gasteiger partial charge is 0.231 e. The van der Waals surface area contributed by atoms with Gasteiger partial charge in [0, 0.05) is 43.6 Å². The average molecular weight is 406 g/mol. The summed E-state index contributed by atoms with van der Waals surface area (Å²) in [7, 11) is 1.69. The summed E-state index contributed by atoms with van der Waals surface area (Å²) in [5, 5.41) is 14.6. The molecule has 150 valence electrons. The van der Waals surface area contributed by atoms with Crippen LogP contribution in [-0.2, 0) is 0 Å². The Morgan fingerprint density at radius 3 is 2.86 bits per heavy atom. The molecule has 0 spiro atoms. The third-order valence-corrected chi connectivity index (χ3v) is 5.07. The van der Waals surface area contributed by atoms with Gasteiger partial charge in [0.25, 0.3) is 0 Å². The molecule has 1 atom stereocenters. The molecule has 0 amide bonds. The molecular formula is C19H25ClFN7.